The SMILES string of the molecule is Cc1ccc2c(oc3c(-c4ccc(C(C)(C)C)cc4C#N)cccc32)c1-c1cccc[n+]1C. The van der Waals surface area contributed by atoms with Gasteiger partial charge in [-0.15, -0.1) is 0 Å². The lowest BCUT2D eigenvalue weighted by molar-refractivity contribution is -0.660. The number of para-hydroxylation sites is 1. The number of rotatable bonds is 2. The number of furan rings is 1. The molecule has 0 aliphatic heterocycles. The second-order valence-electron chi connectivity index (χ2n) is 9.74. The maximum atomic E-state index is 9.96. The summed E-state index contributed by atoms with van der Waals surface area (Å²) in [5.74, 6) is 0. The van der Waals surface area contributed by atoms with E-state index in [2.05, 4.69) is 94.0 Å². The van der Waals surface area contributed by atoms with Crippen LogP contribution in [-0.4, -0.2) is 0 Å². The fourth-order valence-corrected chi connectivity index (χ4v) is 4.61. The van der Waals surface area contributed by atoms with E-state index < -0.39 is 0 Å². The van der Waals surface area contributed by atoms with E-state index in [1.807, 2.05) is 24.3 Å². The Balaban J connectivity index is 1.82. The van der Waals surface area contributed by atoms with E-state index in [0.29, 0.717) is 5.56 Å². The summed E-state index contributed by atoms with van der Waals surface area (Å²) in [6.07, 6.45) is 2.05. The summed E-state index contributed by atoms with van der Waals surface area (Å²) in [5, 5.41) is 12.1. The highest BCUT2D eigenvalue weighted by molar-refractivity contribution is 6.13. The number of nitrogens with zero attached hydrogens (tertiary/aromatic N) is 2. The van der Waals surface area contributed by atoms with Gasteiger partial charge in [0.05, 0.1) is 17.2 Å². The summed E-state index contributed by atoms with van der Waals surface area (Å²) in [6.45, 7) is 8.61. The van der Waals surface area contributed by atoms with Crippen molar-refractivity contribution < 1.29 is 8.98 Å². The van der Waals surface area contributed by atoms with Crippen LogP contribution < -0.4 is 4.57 Å². The fraction of sp³-hybridized carbons (Fsp3) is 0.200. The van der Waals surface area contributed by atoms with Crippen molar-refractivity contribution in [3.8, 4) is 28.5 Å². The van der Waals surface area contributed by atoms with Crippen LogP contribution in [0.5, 0.6) is 0 Å². The zero-order chi connectivity index (χ0) is 23.3. The van der Waals surface area contributed by atoms with Gasteiger partial charge in [0.2, 0.25) is 5.69 Å². The first-order chi connectivity index (χ1) is 15.8. The Morgan fingerprint density at radius 2 is 1.64 bits per heavy atom. The van der Waals surface area contributed by atoms with Crippen molar-refractivity contribution in [3.05, 3.63) is 89.6 Å². The molecule has 0 saturated heterocycles. The van der Waals surface area contributed by atoms with E-state index in [-0.39, 0.29) is 5.41 Å². The molecule has 0 bridgehead atoms. The Labute approximate surface area is 194 Å². The molecular weight excluding hydrogens is 404 g/mol. The maximum Gasteiger partial charge on any atom is 0.216 e. The molecule has 5 rings (SSSR count). The summed E-state index contributed by atoms with van der Waals surface area (Å²) >= 11 is 0. The number of fused-ring (bicyclic) bond motifs is 3. The highest BCUT2D eigenvalue weighted by atomic mass is 16.3. The van der Waals surface area contributed by atoms with Crippen LogP contribution in [-0.2, 0) is 12.5 Å². The second kappa shape index (κ2) is 7.60. The van der Waals surface area contributed by atoms with E-state index in [9.17, 15) is 5.26 Å². The normalized spacial score (nSPS) is 11.8. The van der Waals surface area contributed by atoms with E-state index in [1.165, 1.54) is 0 Å². The van der Waals surface area contributed by atoms with E-state index in [1.54, 1.807) is 0 Å². The van der Waals surface area contributed by atoms with Crippen molar-refractivity contribution in [1.82, 2.24) is 0 Å². The first-order valence-corrected chi connectivity index (χ1v) is 11.2. The van der Waals surface area contributed by atoms with Gasteiger partial charge in [0, 0.05) is 34.0 Å². The topological polar surface area (TPSA) is 40.8 Å². The van der Waals surface area contributed by atoms with Gasteiger partial charge >= 0.3 is 0 Å². The molecule has 0 spiro atoms. The predicted octanol–water partition coefficient (Wildman–Crippen LogP) is 7.22. The van der Waals surface area contributed by atoms with Gasteiger partial charge in [0.25, 0.3) is 0 Å². The van der Waals surface area contributed by atoms with Crippen molar-refractivity contribution in [1.29, 1.82) is 5.26 Å². The van der Waals surface area contributed by atoms with Crippen LogP contribution in [0.15, 0.2) is 77.3 Å². The Hall–Kier alpha value is -3.90. The number of pyridine rings is 1. The molecule has 33 heavy (non-hydrogen) atoms. The van der Waals surface area contributed by atoms with Crippen LogP contribution in [0.25, 0.3) is 44.3 Å². The molecule has 0 amide bonds. The van der Waals surface area contributed by atoms with Gasteiger partial charge in [-0.05, 0) is 35.6 Å². The maximum absolute atomic E-state index is 9.96. The van der Waals surface area contributed by atoms with E-state index in [4.69, 9.17) is 4.42 Å². The van der Waals surface area contributed by atoms with Gasteiger partial charge < -0.3 is 4.42 Å². The lowest BCUT2D eigenvalue weighted by Crippen LogP contribution is -2.30. The number of nitriles is 1. The van der Waals surface area contributed by atoms with Crippen molar-refractivity contribution in [2.45, 2.75) is 33.1 Å². The number of aryl methyl sites for hydroxylation is 2. The van der Waals surface area contributed by atoms with Crippen LogP contribution in [0.4, 0.5) is 0 Å². The first-order valence-electron chi connectivity index (χ1n) is 11.2. The van der Waals surface area contributed by atoms with Crippen LogP contribution in [0.1, 0.15) is 37.5 Å². The minimum atomic E-state index is -0.0207. The standard InChI is InChI=1S/C30H27N2O/c1-19-12-14-25-24-10-8-9-23(22-15-13-21(30(2,3)4)17-20(22)18-31)28(24)33-29(25)27(19)26-11-6-7-16-32(26)5/h6-17H,1-5H3/q+1. The average molecular weight is 432 g/mol. The van der Waals surface area contributed by atoms with Crippen LogP contribution in [0.3, 0.4) is 0 Å². The average Bonchev–Trinajstić information content (AvgIpc) is 3.17. The molecule has 0 atom stereocenters. The smallest absolute Gasteiger partial charge is 0.216 e. The predicted molar refractivity (Wildman–Crippen MR) is 134 cm³/mol. The molecular formula is C30H27N2O+. The molecule has 0 saturated carbocycles. The van der Waals surface area contributed by atoms with Gasteiger partial charge in [-0.25, -0.2) is 4.57 Å². The number of aromatic nitrogens is 1. The third-order valence-electron chi connectivity index (χ3n) is 6.48. The quantitative estimate of drug-likeness (QED) is 0.277. The summed E-state index contributed by atoms with van der Waals surface area (Å²) in [5.41, 5.74) is 8.71. The Morgan fingerprint density at radius 3 is 2.36 bits per heavy atom. The van der Waals surface area contributed by atoms with Crippen LogP contribution in [0.2, 0.25) is 0 Å². The van der Waals surface area contributed by atoms with Crippen molar-refractivity contribution in [2.75, 3.05) is 0 Å². The zero-order valence-electron chi connectivity index (χ0n) is 19.7. The third-order valence-corrected chi connectivity index (χ3v) is 6.48. The first kappa shape index (κ1) is 21.0. The van der Waals surface area contributed by atoms with Gasteiger partial charge in [0.1, 0.15) is 18.2 Å². The summed E-state index contributed by atoms with van der Waals surface area (Å²) < 4.78 is 8.75. The molecule has 162 valence electrons. The molecule has 3 aromatic carbocycles. The monoisotopic (exact) mass is 431 g/mol. The number of hydrogen-bond donors (Lipinski definition) is 0. The van der Waals surface area contributed by atoms with Crippen LogP contribution in [0, 0.1) is 18.3 Å². The molecule has 3 heteroatoms. The molecule has 2 aromatic heterocycles. The largest absolute Gasteiger partial charge is 0.454 e. The highest BCUT2D eigenvalue weighted by Crippen LogP contribution is 2.41. The highest BCUT2D eigenvalue weighted by Gasteiger charge is 2.22. The molecule has 0 radical (unpaired) electrons. The summed E-state index contributed by atoms with van der Waals surface area (Å²) in [7, 11) is 2.05. The summed E-state index contributed by atoms with van der Waals surface area (Å²) in [4.78, 5) is 0. The van der Waals surface area contributed by atoms with Gasteiger partial charge in [-0.3, -0.25) is 0 Å². The number of benzene rings is 3. The van der Waals surface area contributed by atoms with Crippen molar-refractivity contribution in [2.24, 2.45) is 7.05 Å². The molecule has 0 aliphatic carbocycles. The van der Waals surface area contributed by atoms with E-state index >= 15 is 0 Å². The Bertz CT molecular complexity index is 1580. The van der Waals surface area contributed by atoms with Gasteiger partial charge in [-0.2, -0.15) is 5.26 Å². The molecule has 0 unspecified atom stereocenters. The molecule has 3 nitrogen and oxygen atoms in total. The minimum absolute atomic E-state index is 0.0207. The molecule has 0 aliphatic rings. The molecule has 5 aromatic rings. The fourth-order valence-electron chi connectivity index (χ4n) is 4.61. The lowest BCUT2D eigenvalue weighted by Gasteiger charge is -2.20. The summed E-state index contributed by atoms with van der Waals surface area (Å²) in [6, 6.07) is 25.3. The minimum Gasteiger partial charge on any atom is -0.454 e. The zero-order valence-corrected chi connectivity index (χ0v) is 19.7. The van der Waals surface area contributed by atoms with Crippen LogP contribution >= 0.6 is 0 Å². The Kier molecular flexibility index (Phi) is 4.83. The lowest BCUT2D eigenvalue weighted by atomic mass is 9.84. The van der Waals surface area contributed by atoms with Crippen molar-refractivity contribution >= 4 is 21.9 Å². The van der Waals surface area contributed by atoms with Crippen molar-refractivity contribution in [3.63, 3.8) is 0 Å². The van der Waals surface area contributed by atoms with E-state index in [0.717, 1.165) is 55.4 Å². The molecule has 0 fully saturated rings. The molecule has 0 N–H and O–H groups in total. The van der Waals surface area contributed by atoms with Gasteiger partial charge in [-0.1, -0.05) is 63.2 Å². The Morgan fingerprint density at radius 1 is 0.848 bits per heavy atom. The molecule has 2 heterocycles. The number of hydrogen-bond acceptors (Lipinski definition) is 2. The third kappa shape index (κ3) is 3.39. The van der Waals surface area contributed by atoms with Gasteiger partial charge in [0.15, 0.2) is 6.20 Å². The second-order valence-corrected chi connectivity index (χ2v) is 9.74.